The van der Waals surface area contributed by atoms with Crippen molar-refractivity contribution in [2.45, 2.75) is 12.8 Å². The van der Waals surface area contributed by atoms with E-state index in [2.05, 4.69) is 10.3 Å². The van der Waals surface area contributed by atoms with E-state index in [1.54, 1.807) is 41.4 Å². The Morgan fingerprint density at radius 3 is 2.76 bits per heavy atom. The molecule has 1 aromatic heterocycles. The summed E-state index contributed by atoms with van der Waals surface area (Å²) in [5.74, 6) is 0.532. The van der Waals surface area contributed by atoms with Gasteiger partial charge < -0.3 is 19.7 Å². The first-order valence-corrected chi connectivity index (χ1v) is 7.93. The zero-order valence-electron chi connectivity index (χ0n) is 14.1. The monoisotopic (exact) mass is 341 g/mol. The van der Waals surface area contributed by atoms with E-state index in [1.165, 1.54) is 14.2 Å². The van der Waals surface area contributed by atoms with Gasteiger partial charge >= 0.3 is 0 Å². The number of carbonyl (C=O) groups excluding carboxylic acids is 2. The largest absolute Gasteiger partial charge is 0.494 e. The van der Waals surface area contributed by atoms with Crippen LogP contribution in [-0.4, -0.2) is 37.6 Å². The molecule has 2 heterocycles. The first-order chi connectivity index (χ1) is 12.1. The maximum absolute atomic E-state index is 12.5. The molecular formula is C18H19N3O4. The van der Waals surface area contributed by atoms with E-state index in [1.807, 2.05) is 0 Å². The Kier molecular flexibility index (Phi) is 4.83. The third kappa shape index (κ3) is 3.40. The van der Waals surface area contributed by atoms with E-state index in [0.29, 0.717) is 35.7 Å². The standard InChI is InChI=1S/C18H19N3O4/c1-24-15-11-12(7-8-14(15)21-10-4-6-16(21)22)20-17(23)13-5-3-9-19-18(13)25-2/h3,5,7-9,11H,4,6,10H2,1-2H3,(H,20,23). The molecule has 1 aliphatic heterocycles. The fraction of sp³-hybridized carbons (Fsp3) is 0.278. The molecule has 1 aliphatic rings. The van der Waals surface area contributed by atoms with Gasteiger partial charge in [-0.25, -0.2) is 4.98 Å². The van der Waals surface area contributed by atoms with Gasteiger partial charge in [-0.2, -0.15) is 0 Å². The molecule has 0 bridgehead atoms. The summed E-state index contributed by atoms with van der Waals surface area (Å²) < 4.78 is 10.5. The van der Waals surface area contributed by atoms with Crippen LogP contribution in [0.5, 0.6) is 11.6 Å². The second-order valence-corrected chi connectivity index (χ2v) is 5.55. The van der Waals surface area contributed by atoms with Crippen LogP contribution in [0, 0.1) is 0 Å². The molecule has 3 rings (SSSR count). The Balaban J connectivity index is 1.83. The van der Waals surface area contributed by atoms with Crippen LogP contribution in [0.4, 0.5) is 11.4 Å². The summed E-state index contributed by atoms with van der Waals surface area (Å²) in [5, 5.41) is 2.79. The van der Waals surface area contributed by atoms with Crippen LogP contribution in [0.3, 0.4) is 0 Å². The predicted octanol–water partition coefficient (Wildman–Crippen LogP) is 2.48. The quantitative estimate of drug-likeness (QED) is 0.904. The Labute approximate surface area is 145 Å². The molecule has 0 unspecified atom stereocenters. The van der Waals surface area contributed by atoms with Gasteiger partial charge in [0.2, 0.25) is 11.8 Å². The molecule has 1 fully saturated rings. The van der Waals surface area contributed by atoms with Crippen LogP contribution < -0.4 is 19.7 Å². The van der Waals surface area contributed by atoms with Crippen molar-refractivity contribution in [3.63, 3.8) is 0 Å². The maximum atomic E-state index is 12.5. The van der Waals surface area contributed by atoms with Crippen molar-refractivity contribution in [3.05, 3.63) is 42.1 Å². The molecule has 0 atom stereocenters. The lowest BCUT2D eigenvalue weighted by Gasteiger charge is -2.19. The number of amides is 2. The van der Waals surface area contributed by atoms with Crippen LogP contribution in [0.25, 0.3) is 0 Å². The lowest BCUT2D eigenvalue weighted by Crippen LogP contribution is -2.24. The van der Waals surface area contributed by atoms with E-state index < -0.39 is 0 Å². The van der Waals surface area contributed by atoms with E-state index in [9.17, 15) is 9.59 Å². The first-order valence-electron chi connectivity index (χ1n) is 7.93. The third-order valence-corrected chi connectivity index (χ3v) is 4.01. The normalized spacial score (nSPS) is 13.7. The van der Waals surface area contributed by atoms with Crippen molar-refractivity contribution in [1.82, 2.24) is 4.98 Å². The molecule has 1 aromatic carbocycles. The zero-order valence-corrected chi connectivity index (χ0v) is 14.1. The average molecular weight is 341 g/mol. The lowest BCUT2D eigenvalue weighted by atomic mass is 10.2. The Morgan fingerprint density at radius 1 is 1.24 bits per heavy atom. The van der Waals surface area contributed by atoms with E-state index in [0.717, 1.165) is 6.42 Å². The highest BCUT2D eigenvalue weighted by Gasteiger charge is 2.24. The molecule has 7 heteroatoms. The van der Waals surface area contributed by atoms with Gasteiger partial charge in [0.05, 0.1) is 19.9 Å². The first kappa shape index (κ1) is 16.8. The molecule has 2 aromatic rings. The summed E-state index contributed by atoms with van der Waals surface area (Å²) in [6.07, 6.45) is 2.93. The van der Waals surface area contributed by atoms with E-state index >= 15 is 0 Å². The van der Waals surface area contributed by atoms with E-state index in [-0.39, 0.29) is 17.7 Å². The molecular weight excluding hydrogens is 322 g/mol. The molecule has 0 aliphatic carbocycles. The number of rotatable bonds is 5. The van der Waals surface area contributed by atoms with E-state index in [4.69, 9.17) is 9.47 Å². The fourth-order valence-electron chi connectivity index (χ4n) is 2.81. The summed E-state index contributed by atoms with van der Waals surface area (Å²) in [6.45, 7) is 0.674. The molecule has 0 saturated carbocycles. The van der Waals surface area contributed by atoms with Crippen molar-refractivity contribution in [2.24, 2.45) is 0 Å². The van der Waals surface area contributed by atoms with Gasteiger partial charge in [0.15, 0.2) is 0 Å². The van der Waals surface area contributed by atoms with Crippen LogP contribution in [0.1, 0.15) is 23.2 Å². The smallest absolute Gasteiger partial charge is 0.261 e. The number of pyridine rings is 1. The highest BCUT2D eigenvalue weighted by molar-refractivity contribution is 6.06. The molecule has 130 valence electrons. The summed E-state index contributed by atoms with van der Waals surface area (Å²) in [7, 11) is 3.00. The third-order valence-electron chi connectivity index (χ3n) is 4.01. The Bertz CT molecular complexity index is 807. The summed E-state index contributed by atoms with van der Waals surface area (Å²) in [5.41, 5.74) is 1.60. The summed E-state index contributed by atoms with van der Waals surface area (Å²) in [4.78, 5) is 30.1. The van der Waals surface area contributed by atoms with Gasteiger partial charge in [-0.05, 0) is 30.7 Å². The molecule has 1 saturated heterocycles. The summed E-state index contributed by atoms with van der Waals surface area (Å²) >= 11 is 0. The van der Waals surface area contributed by atoms with Gasteiger partial charge in [-0.15, -0.1) is 0 Å². The van der Waals surface area contributed by atoms with Gasteiger partial charge in [0, 0.05) is 30.9 Å². The van der Waals surface area contributed by atoms with Crippen LogP contribution in [-0.2, 0) is 4.79 Å². The van der Waals surface area contributed by atoms with Crippen molar-refractivity contribution in [3.8, 4) is 11.6 Å². The van der Waals surface area contributed by atoms with Gasteiger partial charge in [-0.1, -0.05) is 0 Å². The highest BCUT2D eigenvalue weighted by atomic mass is 16.5. The Hall–Kier alpha value is -3.09. The number of hydrogen-bond donors (Lipinski definition) is 1. The van der Waals surface area contributed by atoms with Crippen molar-refractivity contribution < 1.29 is 19.1 Å². The van der Waals surface area contributed by atoms with Crippen LogP contribution in [0.2, 0.25) is 0 Å². The number of carbonyl (C=O) groups is 2. The number of hydrogen-bond acceptors (Lipinski definition) is 5. The zero-order chi connectivity index (χ0) is 17.8. The number of aromatic nitrogens is 1. The molecule has 0 radical (unpaired) electrons. The molecule has 25 heavy (non-hydrogen) atoms. The van der Waals surface area contributed by atoms with Gasteiger partial charge in [-0.3, -0.25) is 9.59 Å². The number of ether oxygens (including phenoxy) is 2. The predicted molar refractivity (Wildman–Crippen MR) is 93.3 cm³/mol. The fourth-order valence-corrected chi connectivity index (χ4v) is 2.81. The highest BCUT2D eigenvalue weighted by Crippen LogP contribution is 2.34. The molecule has 7 nitrogen and oxygen atoms in total. The Morgan fingerprint density at radius 2 is 2.08 bits per heavy atom. The lowest BCUT2D eigenvalue weighted by molar-refractivity contribution is -0.117. The maximum Gasteiger partial charge on any atom is 0.261 e. The number of anilines is 2. The van der Waals surface area contributed by atoms with Gasteiger partial charge in [0.25, 0.3) is 5.91 Å². The van der Waals surface area contributed by atoms with Crippen molar-refractivity contribution in [2.75, 3.05) is 31.0 Å². The average Bonchev–Trinajstić information content (AvgIpc) is 3.07. The SMILES string of the molecule is COc1cc(NC(=O)c2cccnc2OC)ccc1N1CCCC1=O. The number of methoxy groups -OCH3 is 2. The molecule has 0 spiro atoms. The minimum Gasteiger partial charge on any atom is -0.494 e. The van der Waals surface area contributed by atoms with Crippen LogP contribution in [0.15, 0.2) is 36.5 Å². The van der Waals surface area contributed by atoms with Crippen LogP contribution >= 0.6 is 0 Å². The number of nitrogens with zero attached hydrogens (tertiary/aromatic N) is 2. The second-order valence-electron chi connectivity index (χ2n) is 5.55. The number of nitrogens with one attached hydrogen (secondary N) is 1. The minimum absolute atomic E-state index is 0.0789. The summed E-state index contributed by atoms with van der Waals surface area (Å²) in [6, 6.07) is 8.51. The van der Waals surface area contributed by atoms with Crippen molar-refractivity contribution >= 4 is 23.2 Å². The molecule has 1 N–H and O–H groups in total. The second kappa shape index (κ2) is 7.21. The number of benzene rings is 1. The van der Waals surface area contributed by atoms with Gasteiger partial charge in [0.1, 0.15) is 11.3 Å². The van der Waals surface area contributed by atoms with Crippen molar-refractivity contribution in [1.29, 1.82) is 0 Å². The molecule has 2 amide bonds. The minimum atomic E-state index is -0.336. The topological polar surface area (TPSA) is 80.8 Å².